The number of aliphatic hydroxyl groups is 1. The molecule has 14 heavy (non-hydrogen) atoms. The molecule has 1 atom stereocenters. The second-order valence-electron chi connectivity index (χ2n) is 2.88. The van der Waals surface area contributed by atoms with E-state index in [1.54, 1.807) is 0 Å². The molecule has 0 aromatic rings. The number of hydrogen-bond acceptors (Lipinski definition) is 2. The second-order valence-corrected chi connectivity index (χ2v) is 2.88. The summed E-state index contributed by atoms with van der Waals surface area (Å²) in [4.78, 5) is 10.9. The summed E-state index contributed by atoms with van der Waals surface area (Å²) in [5.74, 6) is 0. The number of hydrogen-bond donors (Lipinski definition) is 2. The minimum absolute atomic E-state index is 0.475. The highest BCUT2D eigenvalue weighted by atomic mass is 19.4. The molecule has 0 radical (unpaired) electrons. The van der Waals surface area contributed by atoms with Crippen LogP contribution in [-0.4, -0.2) is 40.0 Å². The van der Waals surface area contributed by atoms with E-state index < -0.39 is 36.9 Å². The molecule has 4 nitrogen and oxygen atoms in total. The van der Waals surface area contributed by atoms with Gasteiger partial charge in [0, 0.05) is 12.6 Å². The average Bonchev–Trinajstić information content (AvgIpc) is 2.45. The molecule has 1 amide bonds. The van der Waals surface area contributed by atoms with Gasteiger partial charge in [-0.15, -0.1) is 0 Å². The number of carbonyl (C=O) groups is 1. The smallest absolute Gasteiger partial charge is 0.414 e. The van der Waals surface area contributed by atoms with E-state index >= 15 is 0 Å². The van der Waals surface area contributed by atoms with Gasteiger partial charge in [0.2, 0.25) is 0 Å². The van der Waals surface area contributed by atoms with E-state index in [2.05, 4.69) is 0 Å². The van der Waals surface area contributed by atoms with E-state index in [4.69, 9.17) is 10.2 Å². The molecule has 1 aliphatic heterocycles. The third kappa shape index (κ3) is 1.98. The molecule has 7 heteroatoms. The van der Waals surface area contributed by atoms with Gasteiger partial charge < -0.3 is 10.2 Å². The summed E-state index contributed by atoms with van der Waals surface area (Å²) in [6.45, 7) is -0.623. The highest BCUT2D eigenvalue weighted by Crippen LogP contribution is 2.34. The molecule has 0 fully saturated rings. The Bertz CT molecular complexity index is 274. The maximum Gasteiger partial charge on any atom is 0.414 e. The first-order valence-corrected chi connectivity index (χ1v) is 3.76. The summed E-state index contributed by atoms with van der Waals surface area (Å²) in [6, 6.07) is -1.02. The van der Waals surface area contributed by atoms with E-state index in [1.165, 1.54) is 0 Å². The van der Waals surface area contributed by atoms with Crippen LogP contribution in [0.25, 0.3) is 0 Å². The summed E-state index contributed by atoms with van der Waals surface area (Å²) in [5, 5.41) is 17.2. The summed E-state index contributed by atoms with van der Waals surface area (Å²) < 4.78 is 36.4. The van der Waals surface area contributed by atoms with Crippen LogP contribution in [0.5, 0.6) is 0 Å². The number of alkyl halides is 3. The highest BCUT2D eigenvalue weighted by Gasteiger charge is 2.41. The molecule has 0 spiro atoms. The topological polar surface area (TPSA) is 60.8 Å². The first-order chi connectivity index (χ1) is 6.36. The monoisotopic (exact) mass is 211 g/mol. The van der Waals surface area contributed by atoms with Crippen molar-refractivity contribution >= 4 is 6.09 Å². The van der Waals surface area contributed by atoms with E-state index in [0.29, 0.717) is 11.1 Å². The van der Waals surface area contributed by atoms with E-state index in [1.807, 2.05) is 0 Å². The lowest BCUT2D eigenvalue weighted by molar-refractivity contribution is -0.0935. The van der Waals surface area contributed by atoms with Gasteiger partial charge >= 0.3 is 12.3 Å². The normalized spacial score (nSPS) is 22.4. The number of nitrogens with zero attached hydrogens (tertiary/aromatic N) is 1. The second kappa shape index (κ2) is 3.49. The van der Waals surface area contributed by atoms with Crippen molar-refractivity contribution in [1.82, 2.24) is 4.90 Å². The van der Waals surface area contributed by atoms with Crippen molar-refractivity contribution in [3.63, 3.8) is 0 Å². The minimum Gasteiger partial charge on any atom is -0.465 e. The van der Waals surface area contributed by atoms with Gasteiger partial charge in [-0.05, 0) is 0 Å². The number of aliphatic hydroxyl groups excluding tert-OH is 1. The van der Waals surface area contributed by atoms with Crippen LogP contribution in [0.2, 0.25) is 0 Å². The Labute approximate surface area is 77.2 Å². The summed E-state index contributed by atoms with van der Waals surface area (Å²) in [7, 11) is 0. The van der Waals surface area contributed by atoms with Gasteiger partial charge in [-0.3, -0.25) is 4.90 Å². The first kappa shape index (κ1) is 10.8. The predicted molar refractivity (Wildman–Crippen MR) is 39.5 cm³/mol. The van der Waals surface area contributed by atoms with E-state index in [0.717, 1.165) is 0 Å². The molecule has 0 bridgehead atoms. The Morgan fingerprint density at radius 1 is 1.64 bits per heavy atom. The standard InChI is InChI=1S/C7H8F3NO3/c8-7(9,10)4-1-5(3-12)11(2-4)6(13)14/h2,5,12H,1,3H2,(H,13,14)/t5-/m0/s1. The zero-order valence-corrected chi connectivity index (χ0v) is 6.95. The minimum atomic E-state index is -4.53. The number of rotatable bonds is 1. The molecule has 1 heterocycles. The highest BCUT2D eigenvalue weighted by molar-refractivity contribution is 5.68. The molecule has 0 saturated carbocycles. The van der Waals surface area contributed by atoms with Gasteiger partial charge in [0.15, 0.2) is 0 Å². The summed E-state index contributed by atoms with van der Waals surface area (Å²) in [6.07, 6.45) is -6.00. The maximum atomic E-state index is 12.1. The fourth-order valence-corrected chi connectivity index (χ4v) is 1.23. The molecule has 0 unspecified atom stereocenters. The average molecular weight is 211 g/mol. The van der Waals surface area contributed by atoms with Crippen LogP contribution in [0.1, 0.15) is 6.42 Å². The predicted octanol–water partition coefficient (Wildman–Crippen LogP) is 1.18. The first-order valence-electron chi connectivity index (χ1n) is 3.76. The Morgan fingerprint density at radius 3 is 2.50 bits per heavy atom. The van der Waals surface area contributed by atoms with Crippen LogP contribution < -0.4 is 0 Å². The zero-order chi connectivity index (χ0) is 10.9. The number of amides is 1. The van der Waals surface area contributed by atoms with Crippen LogP contribution in [-0.2, 0) is 0 Å². The van der Waals surface area contributed by atoms with Crippen molar-refractivity contribution in [2.75, 3.05) is 6.61 Å². The van der Waals surface area contributed by atoms with Crippen LogP contribution in [0.3, 0.4) is 0 Å². The summed E-state index contributed by atoms with van der Waals surface area (Å²) >= 11 is 0. The van der Waals surface area contributed by atoms with Gasteiger partial charge in [0.25, 0.3) is 0 Å². The Hall–Kier alpha value is -1.24. The molecule has 2 N–H and O–H groups in total. The van der Waals surface area contributed by atoms with Crippen molar-refractivity contribution in [1.29, 1.82) is 0 Å². The third-order valence-corrected chi connectivity index (χ3v) is 1.94. The van der Waals surface area contributed by atoms with Gasteiger partial charge in [0.1, 0.15) is 0 Å². The molecule has 80 valence electrons. The molecule has 0 aromatic carbocycles. The fourth-order valence-electron chi connectivity index (χ4n) is 1.23. The Morgan fingerprint density at radius 2 is 2.21 bits per heavy atom. The zero-order valence-electron chi connectivity index (χ0n) is 6.95. The number of halogens is 3. The van der Waals surface area contributed by atoms with Crippen LogP contribution in [0, 0.1) is 0 Å². The SMILES string of the molecule is O=C(O)N1C=C(C(F)(F)F)C[C@H]1CO. The van der Waals surface area contributed by atoms with Gasteiger partial charge in [0.05, 0.1) is 18.2 Å². The van der Waals surface area contributed by atoms with Crippen LogP contribution in [0.15, 0.2) is 11.8 Å². The van der Waals surface area contributed by atoms with Crippen molar-refractivity contribution in [2.24, 2.45) is 0 Å². The van der Waals surface area contributed by atoms with Crippen molar-refractivity contribution in [3.8, 4) is 0 Å². The van der Waals surface area contributed by atoms with Crippen molar-refractivity contribution in [2.45, 2.75) is 18.6 Å². The third-order valence-electron chi connectivity index (χ3n) is 1.94. The van der Waals surface area contributed by atoms with Crippen molar-refractivity contribution in [3.05, 3.63) is 11.8 Å². The van der Waals surface area contributed by atoms with E-state index in [9.17, 15) is 18.0 Å². The van der Waals surface area contributed by atoms with Gasteiger partial charge in [-0.1, -0.05) is 0 Å². The summed E-state index contributed by atoms with van der Waals surface area (Å²) in [5.41, 5.74) is -0.932. The number of carboxylic acid groups (broad SMARTS) is 1. The lowest BCUT2D eigenvalue weighted by atomic mass is 10.1. The quantitative estimate of drug-likeness (QED) is 0.684. The molecular formula is C7H8F3NO3. The lowest BCUT2D eigenvalue weighted by Gasteiger charge is -2.17. The molecule has 0 aliphatic carbocycles. The van der Waals surface area contributed by atoms with Gasteiger partial charge in [-0.25, -0.2) is 4.79 Å². The molecule has 1 aliphatic rings. The Kier molecular flexibility index (Phi) is 2.70. The largest absolute Gasteiger partial charge is 0.465 e. The van der Waals surface area contributed by atoms with Crippen LogP contribution in [0.4, 0.5) is 18.0 Å². The molecule has 0 aromatic heterocycles. The lowest BCUT2D eigenvalue weighted by Crippen LogP contribution is -2.34. The molecule has 0 saturated heterocycles. The fraction of sp³-hybridized carbons (Fsp3) is 0.571. The van der Waals surface area contributed by atoms with Crippen molar-refractivity contribution < 1.29 is 28.2 Å². The van der Waals surface area contributed by atoms with Crippen LogP contribution >= 0.6 is 0 Å². The Balaban J connectivity index is 2.85. The van der Waals surface area contributed by atoms with Gasteiger partial charge in [-0.2, -0.15) is 13.2 Å². The maximum absolute atomic E-state index is 12.1. The molecular weight excluding hydrogens is 203 g/mol. The molecule has 1 rings (SSSR count). The van der Waals surface area contributed by atoms with E-state index in [-0.39, 0.29) is 0 Å².